The Labute approximate surface area is 92.6 Å². The topological polar surface area (TPSA) is 17.1 Å². The van der Waals surface area contributed by atoms with Gasteiger partial charge in [-0.05, 0) is 43.9 Å². The molecule has 0 aliphatic carbocycles. The molecule has 0 saturated heterocycles. The van der Waals surface area contributed by atoms with Gasteiger partial charge in [-0.1, -0.05) is 37.0 Å². The highest BCUT2D eigenvalue weighted by Gasteiger charge is 1.84. The number of carbonyl (C=O) groups is 1. The van der Waals surface area contributed by atoms with Gasteiger partial charge in [0, 0.05) is 0 Å². The molecule has 0 rings (SSSR count). The zero-order chi connectivity index (χ0) is 11.2. The molecular formula is C14H18O. The third-order valence-electron chi connectivity index (χ3n) is 1.84. The summed E-state index contributed by atoms with van der Waals surface area (Å²) >= 11 is 0. The fourth-order valence-electron chi connectivity index (χ4n) is 1.10. The molecule has 0 aliphatic heterocycles. The van der Waals surface area contributed by atoms with E-state index in [0.717, 1.165) is 25.5 Å². The fraction of sp³-hybridized carbons (Fsp3) is 0.357. The zero-order valence-electron chi connectivity index (χ0n) is 9.11. The average molecular weight is 202 g/mol. The molecule has 1 nitrogen and oxygen atoms in total. The molecule has 0 amide bonds. The lowest BCUT2D eigenvalue weighted by Gasteiger charge is -1.93. The first-order valence-electron chi connectivity index (χ1n) is 5.29. The van der Waals surface area contributed by atoms with Crippen molar-refractivity contribution in [1.29, 1.82) is 0 Å². The number of unbranched alkanes of at least 4 members (excludes halogenated alkanes) is 4. The number of allylic oxidation sites excluding steroid dienone is 5. The minimum Gasteiger partial charge on any atom is -0.299 e. The van der Waals surface area contributed by atoms with E-state index in [4.69, 9.17) is 0 Å². The quantitative estimate of drug-likeness (QED) is 0.267. The normalized spacial score (nSPS) is 10.1. The van der Waals surface area contributed by atoms with Gasteiger partial charge in [-0.25, -0.2) is 0 Å². The number of hydrogen-bond donors (Lipinski definition) is 0. The molecule has 0 spiro atoms. The Hall–Kier alpha value is -1.55. The van der Waals surface area contributed by atoms with Crippen LogP contribution in [0.5, 0.6) is 0 Å². The van der Waals surface area contributed by atoms with Crippen LogP contribution in [0, 0.1) is 11.8 Å². The highest BCUT2D eigenvalue weighted by Crippen LogP contribution is 2.03. The summed E-state index contributed by atoms with van der Waals surface area (Å²) in [7, 11) is 0. The second kappa shape index (κ2) is 12.5. The van der Waals surface area contributed by atoms with Crippen molar-refractivity contribution in [2.45, 2.75) is 32.1 Å². The molecule has 0 aromatic heterocycles. The van der Waals surface area contributed by atoms with Crippen molar-refractivity contribution in [1.82, 2.24) is 0 Å². The van der Waals surface area contributed by atoms with E-state index in [0.29, 0.717) is 0 Å². The van der Waals surface area contributed by atoms with Gasteiger partial charge in [0.1, 0.15) is 6.29 Å². The Morgan fingerprint density at radius 3 is 2.40 bits per heavy atom. The maximum absolute atomic E-state index is 9.95. The van der Waals surface area contributed by atoms with Gasteiger partial charge in [-0.3, -0.25) is 4.79 Å². The van der Waals surface area contributed by atoms with E-state index in [2.05, 4.69) is 24.5 Å². The molecule has 0 fully saturated rings. The van der Waals surface area contributed by atoms with Crippen LogP contribution >= 0.6 is 0 Å². The molecule has 0 aromatic rings. The van der Waals surface area contributed by atoms with Crippen LogP contribution in [0.1, 0.15) is 32.1 Å². The van der Waals surface area contributed by atoms with Crippen molar-refractivity contribution in [3.8, 4) is 11.8 Å². The molecule has 0 unspecified atom stereocenters. The molecule has 0 saturated carbocycles. The van der Waals surface area contributed by atoms with Crippen LogP contribution in [-0.2, 0) is 4.79 Å². The van der Waals surface area contributed by atoms with E-state index >= 15 is 0 Å². The lowest BCUT2D eigenvalue weighted by atomic mass is 10.1. The summed E-state index contributed by atoms with van der Waals surface area (Å²) in [6, 6.07) is 0. The van der Waals surface area contributed by atoms with Crippen LogP contribution in [0.25, 0.3) is 0 Å². The highest BCUT2D eigenvalue weighted by atomic mass is 16.1. The Balaban J connectivity index is 3.24. The summed E-state index contributed by atoms with van der Waals surface area (Å²) in [6.07, 6.45) is 15.4. The molecule has 0 bridgehead atoms. The van der Waals surface area contributed by atoms with Gasteiger partial charge in [-0.2, -0.15) is 0 Å². The molecule has 0 aliphatic rings. The summed E-state index contributed by atoms with van der Waals surface area (Å²) in [4.78, 5) is 9.95. The van der Waals surface area contributed by atoms with Gasteiger partial charge >= 0.3 is 0 Å². The van der Waals surface area contributed by atoms with Gasteiger partial charge in [0.25, 0.3) is 0 Å². The predicted octanol–water partition coefficient (Wildman–Crippen LogP) is 3.44. The standard InChI is InChI=1S/C14H18O/c1-2-3-4-5-6-7-8-9-10-11-12-13-14-15/h2,5-6,12-14H,1,7-11H2. The summed E-state index contributed by atoms with van der Waals surface area (Å²) in [5, 5.41) is 0. The lowest BCUT2D eigenvalue weighted by molar-refractivity contribution is -0.104. The second-order valence-electron chi connectivity index (χ2n) is 3.10. The van der Waals surface area contributed by atoms with Gasteiger partial charge in [-0.15, -0.1) is 0 Å². The van der Waals surface area contributed by atoms with Crippen LogP contribution in [-0.4, -0.2) is 6.29 Å². The van der Waals surface area contributed by atoms with E-state index in [9.17, 15) is 4.79 Å². The summed E-state index contributed by atoms with van der Waals surface area (Å²) in [6.45, 7) is 3.50. The van der Waals surface area contributed by atoms with Crippen molar-refractivity contribution in [2.24, 2.45) is 0 Å². The summed E-state index contributed by atoms with van der Waals surface area (Å²) < 4.78 is 0. The molecule has 0 heterocycles. The molecular weight excluding hydrogens is 184 g/mol. The molecule has 0 radical (unpaired) electrons. The van der Waals surface area contributed by atoms with E-state index in [1.54, 1.807) is 12.2 Å². The van der Waals surface area contributed by atoms with Gasteiger partial charge in [0.2, 0.25) is 0 Å². The fourth-order valence-corrected chi connectivity index (χ4v) is 1.10. The molecule has 0 N–H and O–H groups in total. The summed E-state index contributed by atoms with van der Waals surface area (Å²) in [5.74, 6) is 5.61. The van der Waals surface area contributed by atoms with Crippen molar-refractivity contribution in [2.75, 3.05) is 0 Å². The third-order valence-corrected chi connectivity index (χ3v) is 1.84. The Morgan fingerprint density at radius 1 is 1.00 bits per heavy atom. The van der Waals surface area contributed by atoms with Crippen LogP contribution in [0.2, 0.25) is 0 Å². The van der Waals surface area contributed by atoms with Gasteiger partial charge in [0.05, 0.1) is 0 Å². The lowest BCUT2D eigenvalue weighted by Crippen LogP contribution is -1.75. The number of aldehydes is 1. The molecule has 15 heavy (non-hydrogen) atoms. The molecule has 0 aromatic carbocycles. The van der Waals surface area contributed by atoms with Crippen LogP contribution in [0.3, 0.4) is 0 Å². The monoisotopic (exact) mass is 202 g/mol. The first kappa shape index (κ1) is 13.5. The Kier molecular flexibility index (Phi) is 11.2. The molecule has 0 atom stereocenters. The minimum atomic E-state index is 0.820. The number of rotatable bonds is 7. The number of carbonyl (C=O) groups excluding carboxylic acids is 1. The Morgan fingerprint density at radius 2 is 1.73 bits per heavy atom. The van der Waals surface area contributed by atoms with Crippen molar-refractivity contribution in [3.05, 3.63) is 37.0 Å². The smallest absolute Gasteiger partial charge is 0.142 e. The second-order valence-corrected chi connectivity index (χ2v) is 3.10. The van der Waals surface area contributed by atoms with Crippen LogP contribution < -0.4 is 0 Å². The van der Waals surface area contributed by atoms with Crippen molar-refractivity contribution in [3.63, 3.8) is 0 Å². The van der Waals surface area contributed by atoms with E-state index in [1.807, 2.05) is 12.2 Å². The van der Waals surface area contributed by atoms with E-state index in [-0.39, 0.29) is 0 Å². The van der Waals surface area contributed by atoms with Gasteiger partial charge < -0.3 is 0 Å². The predicted molar refractivity (Wildman–Crippen MR) is 65.4 cm³/mol. The van der Waals surface area contributed by atoms with Crippen LogP contribution in [0.15, 0.2) is 37.0 Å². The van der Waals surface area contributed by atoms with E-state index in [1.165, 1.54) is 12.8 Å². The highest BCUT2D eigenvalue weighted by molar-refractivity contribution is 5.64. The first-order valence-corrected chi connectivity index (χ1v) is 5.29. The largest absolute Gasteiger partial charge is 0.299 e. The maximum atomic E-state index is 9.95. The average Bonchev–Trinajstić information content (AvgIpc) is 2.26. The van der Waals surface area contributed by atoms with Crippen molar-refractivity contribution < 1.29 is 4.79 Å². The zero-order valence-corrected chi connectivity index (χ0v) is 9.11. The SMILES string of the molecule is C=CC#CC=CCCCCCC=CC=O. The van der Waals surface area contributed by atoms with Gasteiger partial charge in [0.15, 0.2) is 0 Å². The van der Waals surface area contributed by atoms with Crippen LogP contribution in [0.4, 0.5) is 0 Å². The summed E-state index contributed by atoms with van der Waals surface area (Å²) in [5.41, 5.74) is 0. The Bertz CT molecular complexity index is 273. The number of hydrogen-bond acceptors (Lipinski definition) is 1. The van der Waals surface area contributed by atoms with E-state index < -0.39 is 0 Å². The third kappa shape index (κ3) is 12.5. The first-order chi connectivity index (χ1) is 7.41. The van der Waals surface area contributed by atoms with Crippen molar-refractivity contribution >= 4 is 6.29 Å². The molecule has 1 heteroatoms. The molecule has 80 valence electrons. The minimum absolute atomic E-state index is 0.820. The maximum Gasteiger partial charge on any atom is 0.142 e.